The molecule has 0 aliphatic carbocycles. The van der Waals surface area contributed by atoms with Gasteiger partial charge in [-0.25, -0.2) is 9.37 Å². The average Bonchev–Trinajstić information content (AvgIpc) is 2.65. The maximum Gasteiger partial charge on any atom is 0.146 e. The molecule has 0 unspecified atom stereocenters. The van der Waals surface area contributed by atoms with E-state index in [2.05, 4.69) is 10.3 Å². The summed E-state index contributed by atoms with van der Waals surface area (Å²) in [7, 11) is 1.56. The van der Waals surface area contributed by atoms with Crippen molar-refractivity contribution in [2.45, 2.75) is 13.2 Å². The zero-order chi connectivity index (χ0) is 19.4. The maximum atomic E-state index is 14.3. The number of hydrogen-bond acceptors (Lipinski definition) is 6. The summed E-state index contributed by atoms with van der Waals surface area (Å²) in [6, 6.07) is 13.2. The highest BCUT2D eigenvalue weighted by Gasteiger charge is 2.11. The van der Waals surface area contributed by atoms with Crippen LogP contribution in [0, 0.1) is 5.82 Å². The molecule has 7 heteroatoms. The molecule has 0 bridgehead atoms. The first-order valence-electron chi connectivity index (χ1n) is 8.35. The van der Waals surface area contributed by atoms with Gasteiger partial charge in [0.1, 0.15) is 17.4 Å². The van der Waals surface area contributed by atoms with Crippen LogP contribution < -0.4 is 16.8 Å². The Bertz CT molecular complexity index is 963. The van der Waals surface area contributed by atoms with Gasteiger partial charge in [-0.3, -0.25) is 0 Å². The number of nitrogen functional groups attached to an aromatic ring is 1. The molecular weight excluding hydrogens is 347 g/mol. The van der Waals surface area contributed by atoms with Crippen molar-refractivity contribution in [2.24, 2.45) is 5.73 Å². The Balaban J connectivity index is 1.91. The number of methoxy groups -OCH3 is 1. The maximum absolute atomic E-state index is 14.3. The lowest BCUT2D eigenvalue weighted by Gasteiger charge is -2.12. The Morgan fingerprint density at radius 1 is 1.15 bits per heavy atom. The first-order valence-corrected chi connectivity index (χ1v) is 8.35. The van der Waals surface area contributed by atoms with E-state index in [1.807, 2.05) is 0 Å². The zero-order valence-electron chi connectivity index (χ0n) is 14.9. The number of nitrogens with zero attached hydrogens (tertiary/aromatic N) is 1. The third-order valence-electron chi connectivity index (χ3n) is 4.13. The monoisotopic (exact) mass is 368 g/mol. The van der Waals surface area contributed by atoms with Crippen LogP contribution in [0.3, 0.4) is 0 Å². The van der Waals surface area contributed by atoms with E-state index in [1.54, 1.807) is 43.5 Å². The number of phenols is 1. The molecule has 0 atom stereocenters. The lowest BCUT2D eigenvalue weighted by molar-refractivity contribution is 0.184. The number of aromatic nitrogens is 1. The van der Waals surface area contributed by atoms with Gasteiger partial charge in [-0.1, -0.05) is 12.1 Å². The Labute approximate surface area is 156 Å². The van der Waals surface area contributed by atoms with Crippen molar-refractivity contribution in [1.29, 1.82) is 0 Å². The van der Waals surface area contributed by atoms with Gasteiger partial charge in [0.2, 0.25) is 0 Å². The third-order valence-corrected chi connectivity index (χ3v) is 4.13. The zero-order valence-corrected chi connectivity index (χ0v) is 14.9. The van der Waals surface area contributed by atoms with Crippen LogP contribution >= 0.6 is 0 Å². The summed E-state index contributed by atoms with van der Waals surface area (Å²) >= 11 is 0. The van der Waals surface area contributed by atoms with Crippen LogP contribution in [0.15, 0.2) is 48.5 Å². The predicted molar refractivity (Wildman–Crippen MR) is 104 cm³/mol. The van der Waals surface area contributed by atoms with Crippen molar-refractivity contribution in [2.75, 3.05) is 18.2 Å². The van der Waals surface area contributed by atoms with Crippen LogP contribution in [0.4, 0.5) is 21.6 Å². The topological polar surface area (TPSA) is 106 Å². The Kier molecular flexibility index (Phi) is 5.54. The molecule has 3 rings (SSSR count). The number of aromatic hydroxyl groups is 1. The summed E-state index contributed by atoms with van der Waals surface area (Å²) in [5.74, 6) is -0.0368. The largest absolute Gasteiger partial charge is 0.507 e. The smallest absolute Gasteiger partial charge is 0.146 e. The lowest BCUT2D eigenvalue weighted by atomic mass is 10.1. The van der Waals surface area contributed by atoms with Crippen molar-refractivity contribution in [1.82, 2.24) is 4.98 Å². The van der Waals surface area contributed by atoms with Crippen molar-refractivity contribution in [3.05, 3.63) is 65.5 Å². The van der Waals surface area contributed by atoms with Gasteiger partial charge in [-0.05, 0) is 42.0 Å². The van der Waals surface area contributed by atoms with Gasteiger partial charge in [-0.15, -0.1) is 0 Å². The Hall–Kier alpha value is -3.16. The minimum Gasteiger partial charge on any atom is -0.507 e. The minimum absolute atomic E-state index is 0.0452. The van der Waals surface area contributed by atoms with Gasteiger partial charge in [0.25, 0.3) is 0 Å². The van der Waals surface area contributed by atoms with Gasteiger partial charge in [0.15, 0.2) is 0 Å². The molecule has 0 fully saturated rings. The molecule has 2 aromatic carbocycles. The molecule has 1 heterocycles. The summed E-state index contributed by atoms with van der Waals surface area (Å²) in [5.41, 5.74) is 14.9. The molecule has 0 spiro atoms. The molecule has 0 amide bonds. The highest BCUT2D eigenvalue weighted by molar-refractivity contribution is 5.75. The SMILES string of the molecule is COCc1ccc(Nc2ccc(O)c(-c3ccc(CN)c(N)n3)c2)c(F)c1. The molecule has 0 saturated heterocycles. The lowest BCUT2D eigenvalue weighted by Crippen LogP contribution is -2.04. The van der Waals surface area contributed by atoms with Gasteiger partial charge in [0.05, 0.1) is 18.0 Å². The van der Waals surface area contributed by atoms with E-state index in [9.17, 15) is 9.50 Å². The molecular formula is C20H21FN4O2. The quantitative estimate of drug-likeness (QED) is 0.496. The van der Waals surface area contributed by atoms with E-state index < -0.39 is 5.82 Å². The summed E-state index contributed by atoms with van der Waals surface area (Å²) < 4.78 is 19.3. The Morgan fingerprint density at radius 3 is 2.63 bits per heavy atom. The standard InChI is InChI=1S/C20H21FN4O2/c1-27-11-12-2-5-18(16(21)8-12)24-14-4-7-19(26)15(9-14)17-6-3-13(10-22)20(23)25-17/h2-9,24,26H,10-11,22H2,1H3,(H2,23,25). The number of halogens is 1. The first kappa shape index (κ1) is 18.6. The van der Waals surface area contributed by atoms with Crippen LogP contribution in [0.1, 0.15) is 11.1 Å². The van der Waals surface area contributed by atoms with Crippen molar-refractivity contribution in [3.63, 3.8) is 0 Å². The summed E-state index contributed by atoms with van der Waals surface area (Å²) in [6.45, 7) is 0.622. The first-order chi connectivity index (χ1) is 13.0. The second-order valence-corrected chi connectivity index (χ2v) is 6.05. The molecule has 27 heavy (non-hydrogen) atoms. The summed E-state index contributed by atoms with van der Waals surface area (Å²) in [4.78, 5) is 4.29. The van der Waals surface area contributed by atoms with Crippen LogP contribution in [0.25, 0.3) is 11.3 Å². The highest BCUT2D eigenvalue weighted by Crippen LogP contribution is 2.33. The number of phenolic OH excluding ortho intramolecular Hbond substituents is 1. The van der Waals surface area contributed by atoms with E-state index in [-0.39, 0.29) is 12.3 Å². The molecule has 140 valence electrons. The number of nitrogens with one attached hydrogen (secondary N) is 1. The van der Waals surface area contributed by atoms with Gasteiger partial charge in [0, 0.05) is 30.5 Å². The average molecular weight is 368 g/mol. The van der Waals surface area contributed by atoms with Gasteiger partial charge in [-0.2, -0.15) is 0 Å². The minimum atomic E-state index is -0.395. The molecule has 6 nitrogen and oxygen atoms in total. The number of rotatable bonds is 6. The second-order valence-electron chi connectivity index (χ2n) is 6.05. The highest BCUT2D eigenvalue weighted by atomic mass is 19.1. The van der Waals surface area contributed by atoms with E-state index in [4.69, 9.17) is 16.2 Å². The fraction of sp³-hybridized carbons (Fsp3) is 0.150. The number of hydrogen-bond donors (Lipinski definition) is 4. The van der Waals surface area contributed by atoms with Crippen molar-refractivity contribution >= 4 is 17.2 Å². The fourth-order valence-corrected chi connectivity index (χ4v) is 2.72. The van der Waals surface area contributed by atoms with E-state index in [0.717, 1.165) is 11.1 Å². The van der Waals surface area contributed by atoms with Gasteiger partial charge < -0.3 is 26.6 Å². The van der Waals surface area contributed by atoms with E-state index in [1.165, 1.54) is 12.1 Å². The molecule has 3 aromatic rings. The van der Waals surface area contributed by atoms with Crippen molar-refractivity contribution in [3.8, 4) is 17.0 Å². The third kappa shape index (κ3) is 4.16. The molecule has 1 aromatic heterocycles. The number of pyridine rings is 1. The normalized spacial score (nSPS) is 10.8. The molecule has 0 saturated carbocycles. The molecule has 0 aliphatic heterocycles. The van der Waals surface area contributed by atoms with E-state index >= 15 is 0 Å². The number of ether oxygens (including phenoxy) is 1. The summed E-state index contributed by atoms with van der Waals surface area (Å²) in [6.07, 6.45) is 0. The second kappa shape index (κ2) is 8.03. The number of nitrogens with two attached hydrogens (primary N) is 2. The van der Waals surface area contributed by atoms with Crippen LogP contribution in [0.2, 0.25) is 0 Å². The Morgan fingerprint density at radius 2 is 1.96 bits per heavy atom. The number of benzene rings is 2. The molecule has 0 aliphatic rings. The van der Waals surface area contributed by atoms with Crippen LogP contribution in [-0.4, -0.2) is 17.2 Å². The van der Waals surface area contributed by atoms with Gasteiger partial charge >= 0.3 is 0 Å². The van der Waals surface area contributed by atoms with Crippen LogP contribution in [-0.2, 0) is 17.9 Å². The molecule has 0 radical (unpaired) electrons. The van der Waals surface area contributed by atoms with Crippen LogP contribution in [0.5, 0.6) is 5.75 Å². The fourth-order valence-electron chi connectivity index (χ4n) is 2.72. The summed E-state index contributed by atoms with van der Waals surface area (Å²) in [5, 5.41) is 13.2. The van der Waals surface area contributed by atoms with Crippen molar-refractivity contribution < 1.29 is 14.2 Å². The molecule has 6 N–H and O–H groups in total. The predicted octanol–water partition coefficient (Wildman–Crippen LogP) is 3.52. The van der Waals surface area contributed by atoms with E-state index in [0.29, 0.717) is 35.1 Å². The number of anilines is 3.